The molecule has 0 aliphatic carbocycles. The molecule has 0 aromatic heterocycles. The first-order valence-corrected chi connectivity index (χ1v) is 14.8. The fraction of sp³-hybridized carbons (Fsp3) is 0.967. The zero-order chi connectivity index (χ0) is 23.8. The Bertz CT molecular complexity index is 374. The van der Waals surface area contributed by atoms with Crippen LogP contribution in [0.1, 0.15) is 181 Å². The van der Waals surface area contributed by atoms with E-state index in [0.29, 0.717) is 6.42 Å². The third-order valence-electron chi connectivity index (χ3n) is 7.55. The van der Waals surface area contributed by atoms with Gasteiger partial charge in [-0.1, -0.05) is 149 Å². The van der Waals surface area contributed by atoms with E-state index in [1.54, 1.807) is 0 Å². The van der Waals surface area contributed by atoms with Crippen LogP contribution < -0.4 is 0 Å². The highest BCUT2D eigenvalue weighted by molar-refractivity contribution is 5.66. The van der Waals surface area contributed by atoms with Crippen molar-refractivity contribution in [2.75, 3.05) is 0 Å². The van der Waals surface area contributed by atoms with E-state index >= 15 is 0 Å². The van der Waals surface area contributed by atoms with E-state index in [0.717, 1.165) is 6.42 Å². The summed E-state index contributed by atoms with van der Waals surface area (Å²) in [6.45, 7) is 6.84. The third kappa shape index (κ3) is 20.1. The second kappa shape index (κ2) is 23.6. The molecule has 0 spiro atoms. The fourth-order valence-electron chi connectivity index (χ4n) is 5.32. The lowest BCUT2D eigenvalue weighted by atomic mass is 9.71. The Morgan fingerprint density at radius 1 is 0.469 bits per heavy atom. The quantitative estimate of drug-likeness (QED) is 0.132. The van der Waals surface area contributed by atoms with Gasteiger partial charge in [0, 0.05) is 6.42 Å². The van der Waals surface area contributed by atoms with Crippen molar-refractivity contribution in [1.82, 2.24) is 0 Å². The Labute approximate surface area is 202 Å². The molecule has 0 aromatic carbocycles. The van der Waals surface area contributed by atoms with Gasteiger partial charge in [0.05, 0.1) is 0 Å². The molecule has 0 rings (SSSR count). The number of hydrogen-bond donors (Lipinski definition) is 1. The average molecular weight is 453 g/mol. The second-order valence-corrected chi connectivity index (χ2v) is 10.7. The molecule has 192 valence electrons. The summed E-state index contributed by atoms with van der Waals surface area (Å²) in [6, 6.07) is 0. The molecule has 0 aromatic rings. The van der Waals surface area contributed by atoms with Crippen LogP contribution in [0.3, 0.4) is 0 Å². The summed E-state index contributed by atoms with van der Waals surface area (Å²) in [4.78, 5) is 11.4. The number of unbranched alkanes of at least 4 members (excludes halogenated alkanes) is 17. The van der Waals surface area contributed by atoms with Crippen molar-refractivity contribution in [3.8, 4) is 0 Å². The highest BCUT2D eigenvalue weighted by Crippen LogP contribution is 2.41. The molecule has 0 unspecified atom stereocenters. The molecule has 0 bridgehead atoms. The molecule has 0 aliphatic rings. The van der Waals surface area contributed by atoms with Crippen LogP contribution in [0.2, 0.25) is 0 Å². The minimum atomic E-state index is -0.601. The lowest BCUT2D eigenvalue weighted by Crippen LogP contribution is -2.23. The zero-order valence-electron chi connectivity index (χ0n) is 22.5. The standard InChI is InChI=1S/C30H60O2/c1-4-7-10-13-16-17-20-23-27-30(28-24-29(31)32,25-21-18-14-11-8-5-2)26-22-19-15-12-9-6-3/h4-28H2,1-3H3,(H,31,32). The Balaban J connectivity index is 4.64. The van der Waals surface area contributed by atoms with E-state index in [4.69, 9.17) is 0 Å². The predicted molar refractivity (Wildman–Crippen MR) is 143 cm³/mol. The molecule has 2 heteroatoms. The third-order valence-corrected chi connectivity index (χ3v) is 7.55. The molecule has 0 heterocycles. The molecular weight excluding hydrogens is 392 g/mol. The highest BCUT2D eigenvalue weighted by atomic mass is 16.4. The van der Waals surface area contributed by atoms with Gasteiger partial charge in [-0.3, -0.25) is 4.79 Å². The van der Waals surface area contributed by atoms with Gasteiger partial charge >= 0.3 is 5.97 Å². The molecule has 0 aliphatic heterocycles. The molecule has 32 heavy (non-hydrogen) atoms. The van der Waals surface area contributed by atoms with Gasteiger partial charge in [-0.25, -0.2) is 0 Å². The summed E-state index contributed by atoms with van der Waals surface area (Å²) in [5.41, 5.74) is 0.288. The molecule has 0 amide bonds. The maximum absolute atomic E-state index is 11.4. The summed E-state index contributed by atoms with van der Waals surface area (Å²) in [5.74, 6) is -0.601. The van der Waals surface area contributed by atoms with Crippen molar-refractivity contribution in [2.45, 2.75) is 181 Å². The predicted octanol–water partition coefficient (Wildman–Crippen LogP) is 10.9. The number of carboxylic acid groups (broad SMARTS) is 1. The summed E-state index contributed by atoms with van der Waals surface area (Å²) in [5, 5.41) is 9.43. The summed E-state index contributed by atoms with van der Waals surface area (Å²) >= 11 is 0. The lowest BCUT2D eigenvalue weighted by molar-refractivity contribution is -0.137. The van der Waals surface area contributed by atoms with Crippen LogP contribution in [0, 0.1) is 5.41 Å². The first-order chi connectivity index (χ1) is 15.6. The van der Waals surface area contributed by atoms with Gasteiger partial charge in [-0.15, -0.1) is 0 Å². The Kier molecular flexibility index (Phi) is 23.2. The second-order valence-electron chi connectivity index (χ2n) is 10.7. The maximum atomic E-state index is 11.4. The van der Waals surface area contributed by atoms with E-state index in [2.05, 4.69) is 20.8 Å². The maximum Gasteiger partial charge on any atom is 0.303 e. The van der Waals surface area contributed by atoms with Gasteiger partial charge in [0.25, 0.3) is 0 Å². The SMILES string of the molecule is CCCCCCCCCCC(CCCCCCCC)(CCCCCCCC)CCC(=O)O. The normalized spacial score (nSPS) is 11.8. The molecule has 0 fully saturated rings. The van der Waals surface area contributed by atoms with Gasteiger partial charge in [0.2, 0.25) is 0 Å². The van der Waals surface area contributed by atoms with E-state index in [1.165, 1.54) is 148 Å². The van der Waals surface area contributed by atoms with Crippen molar-refractivity contribution in [2.24, 2.45) is 5.41 Å². The lowest BCUT2D eigenvalue weighted by Gasteiger charge is -2.34. The highest BCUT2D eigenvalue weighted by Gasteiger charge is 2.29. The van der Waals surface area contributed by atoms with E-state index < -0.39 is 5.97 Å². The summed E-state index contributed by atoms with van der Waals surface area (Å²) in [6.07, 6.45) is 32.0. The first-order valence-electron chi connectivity index (χ1n) is 14.8. The molecule has 0 atom stereocenters. The van der Waals surface area contributed by atoms with Gasteiger partial charge in [0.1, 0.15) is 0 Å². The van der Waals surface area contributed by atoms with Crippen LogP contribution >= 0.6 is 0 Å². The van der Waals surface area contributed by atoms with Crippen LogP contribution in [0.4, 0.5) is 0 Å². The van der Waals surface area contributed by atoms with E-state index in [9.17, 15) is 9.90 Å². The van der Waals surface area contributed by atoms with Crippen LogP contribution in [0.25, 0.3) is 0 Å². The van der Waals surface area contributed by atoms with Gasteiger partial charge in [0.15, 0.2) is 0 Å². The zero-order valence-corrected chi connectivity index (χ0v) is 22.5. The molecule has 0 saturated carbocycles. The number of carboxylic acids is 1. The molecule has 2 nitrogen and oxygen atoms in total. The van der Waals surface area contributed by atoms with Crippen LogP contribution in [0.5, 0.6) is 0 Å². The van der Waals surface area contributed by atoms with Gasteiger partial charge in [-0.2, -0.15) is 0 Å². The number of rotatable bonds is 26. The molecule has 0 saturated heterocycles. The minimum Gasteiger partial charge on any atom is -0.481 e. The van der Waals surface area contributed by atoms with Crippen LogP contribution in [0.15, 0.2) is 0 Å². The summed E-state index contributed by atoms with van der Waals surface area (Å²) < 4.78 is 0. The van der Waals surface area contributed by atoms with Gasteiger partial charge < -0.3 is 5.11 Å². The van der Waals surface area contributed by atoms with E-state index in [-0.39, 0.29) is 5.41 Å². The van der Waals surface area contributed by atoms with Crippen molar-refractivity contribution >= 4 is 5.97 Å². The Morgan fingerprint density at radius 2 is 0.750 bits per heavy atom. The Morgan fingerprint density at radius 3 is 1.03 bits per heavy atom. The van der Waals surface area contributed by atoms with Crippen LogP contribution in [-0.2, 0) is 4.79 Å². The number of hydrogen-bond acceptors (Lipinski definition) is 1. The molecular formula is C30H60O2. The van der Waals surface area contributed by atoms with Crippen molar-refractivity contribution in [3.05, 3.63) is 0 Å². The largest absolute Gasteiger partial charge is 0.481 e. The molecule has 0 radical (unpaired) electrons. The van der Waals surface area contributed by atoms with E-state index in [1.807, 2.05) is 0 Å². The molecule has 1 N–H and O–H groups in total. The Hall–Kier alpha value is -0.530. The van der Waals surface area contributed by atoms with Gasteiger partial charge in [-0.05, 0) is 31.1 Å². The number of carbonyl (C=O) groups is 1. The fourth-order valence-corrected chi connectivity index (χ4v) is 5.32. The topological polar surface area (TPSA) is 37.3 Å². The smallest absolute Gasteiger partial charge is 0.303 e. The van der Waals surface area contributed by atoms with Crippen molar-refractivity contribution < 1.29 is 9.90 Å². The minimum absolute atomic E-state index is 0.288. The number of aliphatic carboxylic acids is 1. The monoisotopic (exact) mass is 452 g/mol. The van der Waals surface area contributed by atoms with Crippen LogP contribution in [-0.4, -0.2) is 11.1 Å². The first kappa shape index (κ1) is 31.5. The van der Waals surface area contributed by atoms with Crippen molar-refractivity contribution in [3.63, 3.8) is 0 Å². The average Bonchev–Trinajstić information content (AvgIpc) is 2.78. The summed E-state index contributed by atoms with van der Waals surface area (Å²) in [7, 11) is 0. The van der Waals surface area contributed by atoms with Crippen molar-refractivity contribution in [1.29, 1.82) is 0 Å².